The van der Waals surface area contributed by atoms with Gasteiger partial charge in [-0.15, -0.1) is 0 Å². The molecule has 3 aliphatic rings. The first-order valence-electron chi connectivity index (χ1n) is 12.7. The van der Waals surface area contributed by atoms with Crippen LogP contribution >= 0.6 is 11.8 Å². The molecule has 9 nitrogen and oxygen atoms in total. The molecule has 204 valence electrons. The molecule has 5 rings (SSSR count). The van der Waals surface area contributed by atoms with E-state index in [9.17, 15) is 18.4 Å². The number of piperazine rings is 1. The van der Waals surface area contributed by atoms with Crippen molar-refractivity contribution in [2.45, 2.75) is 49.9 Å². The van der Waals surface area contributed by atoms with Crippen LogP contribution in [0.5, 0.6) is 5.75 Å². The molecule has 12 heteroatoms. The Morgan fingerprint density at radius 1 is 1.28 bits per heavy atom. The molecule has 3 fully saturated rings. The average molecular weight is 555 g/mol. The monoisotopic (exact) mass is 554 g/mol. The minimum atomic E-state index is -2.84. The van der Waals surface area contributed by atoms with Crippen LogP contribution in [-0.4, -0.2) is 57.9 Å². The van der Waals surface area contributed by atoms with Crippen molar-refractivity contribution < 1.29 is 23.1 Å². The quantitative estimate of drug-likeness (QED) is 0.206. The zero-order valence-corrected chi connectivity index (χ0v) is 22.3. The third-order valence-electron chi connectivity index (χ3n) is 6.83. The van der Waals surface area contributed by atoms with Gasteiger partial charge in [0.05, 0.1) is 29.8 Å². The molecule has 1 saturated heterocycles. The molecular weight excluding hydrogens is 526 g/mol. The van der Waals surface area contributed by atoms with E-state index in [2.05, 4.69) is 32.4 Å². The number of rotatable bonds is 7. The lowest BCUT2D eigenvalue weighted by molar-refractivity contribution is -0.122. The van der Waals surface area contributed by atoms with E-state index in [0.717, 1.165) is 37.4 Å². The minimum absolute atomic E-state index is 0.102. The molecule has 0 radical (unpaired) electrons. The fraction of sp³-hybridized carbons (Fsp3) is 0.444. The summed E-state index contributed by atoms with van der Waals surface area (Å²) in [5.41, 5.74) is -0.445. The molecule has 2 aliphatic carbocycles. The third kappa shape index (κ3) is 5.89. The predicted molar refractivity (Wildman–Crippen MR) is 144 cm³/mol. The van der Waals surface area contributed by atoms with Gasteiger partial charge in [-0.1, -0.05) is 17.7 Å². The maximum Gasteiger partial charge on any atom is 0.280 e. The number of hydrogen-bond donors (Lipinski definition) is 3. The van der Waals surface area contributed by atoms with Crippen LogP contribution in [0.3, 0.4) is 0 Å². The van der Waals surface area contributed by atoms with E-state index in [1.54, 1.807) is 17.9 Å². The number of amides is 2. The molecule has 0 aromatic carbocycles. The predicted octanol–water partition coefficient (Wildman–Crippen LogP) is 3.76. The fourth-order valence-electron chi connectivity index (χ4n) is 4.42. The summed E-state index contributed by atoms with van der Waals surface area (Å²) in [5, 5.41) is 13.8. The number of thioether (sulfide) groups is 1. The molecule has 0 bridgehead atoms. The summed E-state index contributed by atoms with van der Waals surface area (Å²) in [4.78, 5) is 36.4. The number of ether oxygens (including phenoxy) is 1. The molecule has 1 spiro atoms. The zero-order valence-electron chi connectivity index (χ0n) is 21.5. The van der Waals surface area contributed by atoms with Crippen LogP contribution in [0.1, 0.15) is 55.1 Å². The Morgan fingerprint density at radius 2 is 2.05 bits per heavy atom. The molecular formula is C27H28F2N6O3S. The number of pyridine rings is 2. The Morgan fingerprint density at radius 3 is 2.72 bits per heavy atom. The highest BCUT2D eigenvalue weighted by Crippen LogP contribution is 2.41. The number of hydrogen-bond acceptors (Lipinski definition) is 8. The summed E-state index contributed by atoms with van der Waals surface area (Å²) in [7, 11) is 1.38. The molecule has 39 heavy (non-hydrogen) atoms. The van der Waals surface area contributed by atoms with Crippen molar-refractivity contribution in [2.24, 2.45) is 5.92 Å². The van der Waals surface area contributed by atoms with Crippen LogP contribution < -0.4 is 20.3 Å². The van der Waals surface area contributed by atoms with E-state index in [-0.39, 0.29) is 33.4 Å². The first-order chi connectivity index (χ1) is 18.7. The number of carbonyl (C=O) groups is 2. The largest absolute Gasteiger partial charge is 0.494 e. The summed E-state index contributed by atoms with van der Waals surface area (Å²) in [6, 6.07) is 2.74. The SMILES string of the molecule is COc1cnc(C(F)F)cc1-c1cc(N2CCNC3(CC3)C2=O)ncc1C(=O)NC(C)SC(=N)C#CC1CC1. The van der Waals surface area contributed by atoms with E-state index in [4.69, 9.17) is 10.1 Å². The van der Waals surface area contributed by atoms with Crippen molar-refractivity contribution in [2.75, 3.05) is 25.1 Å². The van der Waals surface area contributed by atoms with Gasteiger partial charge in [-0.25, -0.2) is 13.8 Å². The first-order valence-corrected chi connectivity index (χ1v) is 13.6. The lowest BCUT2D eigenvalue weighted by Crippen LogP contribution is -2.57. The van der Waals surface area contributed by atoms with Gasteiger partial charge in [-0.05, 0) is 50.7 Å². The maximum absolute atomic E-state index is 13.6. The number of halogens is 2. The van der Waals surface area contributed by atoms with Crippen molar-refractivity contribution in [3.8, 4) is 28.7 Å². The second-order valence-corrected chi connectivity index (χ2v) is 11.1. The number of carbonyl (C=O) groups excluding carboxylic acids is 2. The first kappa shape index (κ1) is 27.0. The highest BCUT2D eigenvalue weighted by molar-refractivity contribution is 8.14. The van der Waals surface area contributed by atoms with Gasteiger partial charge in [0.2, 0.25) is 5.91 Å². The Labute approximate surface area is 229 Å². The lowest BCUT2D eigenvalue weighted by atomic mass is 9.99. The van der Waals surface area contributed by atoms with E-state index in [1.807, 2.05) is 0 Å². The number of methoxy groups -OCH3 is 1. The molecule has 3 N–H and O–H groups in total. The van der Waals surface area contributed by atoms with E-state index in [1.165, 1.54) is 25.6 Å². The fourth-order valence-corrected chi connectivity index (χ4v) is 5.05. The van der Waals surface area contributed by atoms with Gasteiger partial charge >= 0.3 is 0 Å². The Kier molecular flexibility index (Phi) is 7.55. The summed E-state index contributed by atoms with van der Waals surface area (Å²) >= 11 is 1.10. The van der Waals surface area contributed by atoms with Crippen molar-refractivity contribution >= 4 is 34.4 Å². The second kappa shape index (κ2) is 10.9. The molecule has 2 aromatic rings. The van der Waals surface area contributed by atoms with Gasteiger partial charge in [0.1, 0.15) is 22.3 Å². The molecule has 2 amide bonds. The Balaban J connectivity index is 1.48. The molecule has 3 heterocycles. The summed E-state index contributed by atoms with van der Waals surface area (Å²) in [6.07, 6.45) is 3.27. The molecule has 2 saturated carbocycles. The van der Waals surface area contributed by atoms with Crippen LogP contribution in [-0.2, 0) is 4.79 Å². The highest BCUT2D eigenvalue weighted by Gasteiger charge is 2.53. The van der Waals surface area contributed by atoms with Crippen LogP contribution in [0.15, 0.2) is 24.5 Å². The van der Waals surface area contributed by atoms with Gasteiger partial charge < -0.3 is 15.4 Å². The standard InChI is InChI=1S/C27H28F2N6O3S/c1-15(39-22(30)6-5-16-3-4-16)34-25(36)19-13-32-23(35-10-9-33-27(7-8-27)26(35)37)12-17(19)18-11-20(24(28)29)31-14-21(18)38-2/h11-16,24,30,33H,3-4,7-10H2,1-2H3,(H,34,36). The number of aromatic nitrogens is 2. The van der Waals surface area contributed by atoms with Crippen LogP contribution in [0, 0.1) is 23.2 Å². The molecule has 2 aromatic heterocycles. The third-order valence-corrected chi connectivity index (χ3v) is 7.64. The van der Waals surface area contributed by atoms with Gasteiger partial charge in [-0.2, -0.15) is 0 Å². The number of alkyl halides is 2. The lowest BCUT2D eigenvalue weighted by Gasteiger charge is -2.33. The van der Waals surface area contributed by atoms with Crippen molar-refractivity contribution in [3.05, 3.63) is 35.8 Å². The highest BCUT2D eigenvalue weighted by atomic mass is 32.2. The van der Waals surface area contributed by atoms with Crippen molar-refractivity contribution in [1.82, 2.24) is 20.6 Å². The Bertz CT molecular complexity index is 1380. The maximum atomic E-state index is 13.6. The summed E-state index contributed by atoms with van der Waals surface area (Å²) in [5.74, 6) is 6.07. The van der Waals surface area contributed by atoms with Crippen LogP contribution in [0.4, 0.5) is 14.6 Å². The number of nitrogens with one attached hydrogen (secondary N) is 3. The average Bonchev–Trinajstić information content (AvgIpc) is 3.85. The second-order valence-electron chi connectivity index (χ2n) is 9.77. The Hall–Kier alpha value is -3.56. The van der Waals surface area contributed by atoms with Gasteiger partial charge in [0.15, 0.2) is 0 Å². The molecule has 1 atom stereocenters. The summed E-state index contributed by atoms with van der Waals surface area (Å²) in [6.45, 7) is 2.70. The molecule has 1 aliphatic heterocycles. The van der Waals surface area contributed by atoms with Crippen LogP contribution in [0.25, 0.3) is 11.1 Å². The van der Waals surface area contributed by atoms with Crippen LogP contribution in [0.2, 0.25) is 0 Å². The zero-order chi connectivity index (χ0) is 27.7. The topological polar surface area (TPSA) is 120 Å². The normalized spacial score (nSPS) is 18.4. The molecule has 1 unspecified atom stereocenters. The minimum Gasteiger partial charge on any atom is -0.494 e. The van der Waals surface area contributed by atoms with Gasteiger partial charge in [0.25, 0.3) is 12.3 Å². The van der Waals surface area contributed by atoms with E-state index in [0.29, 0.717) is 24.8 Å². The number of nitrogens with zero attached hydrogens (tertiary/aromatic N) is 3. The van der Waals surface area contributed by atoms with Gasteiger partial charge in [-0.3, -0.25) is 24.9 Å². The number of anilines is 1. The van der Waals surface area contributed by atoms with E-state index >= 15 is 0 Å². The van der Waals surface area contributed by atoms with Crippen molar-refractivity contribution in [1.29, 1.82) is 5.41 Å². The smallest absolute Gasteiger partial charge is 0.280 e. The van der Waals surface area contributed by atoms with Crippen molar-refractivity contribution in [3.63, 3.8) is 0 Å². The van der Waals surface area contributed by atoms with Gasteiger partial charge in [0, 0.05) is 36.3 Å². The van der Waals surface area contributed by atoms with E-state index < -0.39 is 28.9 Å². The summed E-state index contributed by atoms with van der Waals surface area (Å²) < 4.78 is 32.6.